The van der Waals surface area contributed by atoms with Crippen LogP contribution in [0.1, 0.15) is 12.0 Å². The van der Waals surface area contributed by atoms with Crippen LogP contribution >= 0.6 is 0 Å². The SMILES string of the molecule is c1cc(N2CCOCCOCCOCCOCC2)ccc1CCCN1CCNCC1. The summed E-state index contributed by atoms with van der Waals surface area (Å²) in [6.07, 6.45) is 2.35. The van der Waals surface area contributed by atoms with E-state index in [0.717, 1.165) is 32.6 Å². The Bertz CT molecular complexity index is 536. The summed E-state index contributed by atoms with van der Waals surface area (Å²) in [7, 11) is 0. The molecule has 0 aliphatic carbocycles. The van der Waals surface area contributed by atoms with E-state index in [1.54, 1.807) is 0 Å². The van der Waals surface area contributed by atoms with Crippen LogP contribution in [0.2, 0.25) is 0 Å². The summed E-state index contributed by atoms with van der Waals surface area (Å²) >= 11 is 0. The lowest BCUT2D eigenvalue weighted by Gasteiger charge is -2.27. The predicted octanol–water partition coefficient (Wildman–Crippen LogP) is 1.41. The third-order valence-corrected chi connectivity index (χ3v) is 5.58. The van der Waals surface area contributed by atoms with Crippen molar-refractivity contribution in [3.05, 3.63) is 29.8 Å². The summed E-state index contributed by atoms with van der Waals surface area (Å²) in [6.45, 7) is 12.6. The average Bonchev–Trinajstić information content (AvgIpc) is 2.80. The maximum absolute atomic E-state index is 5.74. The first-order valence-electron chi connectivity index (χ1n) is 11.5. The summed E-state index contributed by atoms with van der Waals surface area (Å²) in [5, 5.41) is 3.41. The maximum atomic E-state index is 5.74. The molecule has 7 heteroatoms. The lowest BCUT2D eigenvalue weighted by atomic mass is 10.1. The monoisotopic (exact) mass is 421 g/mol. The van der Waals surface area contributed by atoms with Crippen LogP contribution in [0.5, 0.6) is 0 Å². The fraction of sp³-hybridized carbons (Fsp3) is 0.739. The van der Waals surface area contributed by atoms with Crippen LogP contribution in [0, 0.1) is 0 Å². The molecule has 30 heavy (non-hydrogen) atoms. The minimum atomic E-state index is 0.608. The van der Waals surface area contributed by atoms with Gasteiger partial charge in [0, 0.05) is 45.0 Å². The van der Waals surface area contributed by atoms with Gasteiger partial charge in [0.2, 0.25) is 0 Å². The second-order valence-electron chi connectivity index (χ2n) is 7.80. The highest BCUT2D eigenvalue weighted by Crippen LogP contribution is 2.16. The summed E-state index contributed by atoms with van der Waals surface area (Å²) in [6, 6.07) is 9.01. The summed E-state index contributed by atoms with van der Waals surface area (Å²) in [5.41, 5.74) is 2.64. The smallest absolute Gasteiger partial charge is 0.0701 e. The van der Waals surface area contributed by atoms with E-state index < -0.39 is 0 Å². The number of nitrogens with zero attached hydrogens (tertiary/aromatic N) is 2. The molecule has 2 heterocycles. The molecule has 7 nitrogen and oxygen atoms in total. The Hall–Kier alpha value is -1.22. The third-order valence-electron chi connectivity index (χ3n) is 5.58. The van der Waals surface area contributed by atoms with Crippen LogP contribution < -0.4 is 10.2 Å². The first-order chi connectivity index (χ1) is 14.9. The van der Waals surface area contributed by atoms with Crippen LogP contribution in [-0.2, 0) is 25.4 Å². The highest BCUT2D eigenvalue weighted by Gasteiger charge is 2.10. The van der Waals surface area contributed by atoms with Crippen LogP contribution in [0.3, 0.4) is 0 Å². The molecule has 170 valence electrons. The molecule has 0 amide bonds. The molecular formula is C23H39N3O4. The van der Waals surface area contributed by atoms with Crippen molar-refractivity contribution < 1.29 is 18.9 Å². The van der Waals surface area contributed by atoms with Crippen molar-refractivity contribution >= 4 is 5.69 Å². The van der Waals surface area contributed by atoms with Gasteiger partial charge in [-0.15, -0.1) is 0 Å². The van der Waals surface area contributed by atoms with Crippen molar-refractivity contribution in [3.8, 4) is 0 Å². The Labute approximate surface area is 181 Å². The van der Waals surface area contributed by atoms with E-state index in [2.05, 4.69) is 39.4 Å². The molecule has 2 saturated heterocycles. The van der Waals surface area contributed by atoms with Crippen LogP contribution in [0.25, 0.3) is 0 Å². The second-order valence-corrected chi connectivity index (χ2v) is 7.80. The van der Waals surface area contributed by atoms with Gasteiger partial charge in [-0.2, -0.15) is 0 Å². The standard InChI is InChI=1S/C23H39N3O4/c1(9-25-10-7-24-8-11-25)2-22-3-5-23(6-4-22)26-12-14-27-16-18-29-20-21-30-19-17-28-15-13-26/h3-6,24H,1-2,7-21H2. The van der Waals surface area contributed by atoms with Gasteiger partial charge in [-0.05, 0) is 37.1 Å². The zero-order valence-corrected chi connectivity index (χ0v) is 18.4. The Morgan fingerprint density at radius 3 is 1.77 bits per heavy atom. The van der Waals surface area contributed by atoms with Crippen molar-refractivity contribution in [2.24, 2.45) is 0 Å². The Balaban J connectivity index is 1.44. The van der Waals surface area contributed by atoms with Gasteiger partial charge in [0.1, 0.15) is 0 Å². The van der Waals surface area contributed by atoms with Gasteiger partial charge in [0.25, 0.3) is 0 Å². The summed E-state index contributed by atoms with van der Waals surface area (Å²) in [4.78, 5) is 4.90. The Morgan fingerprint density at radius 2 is 1.20 bits per heavy atom. The Kier molecular flexibility index (Phi) is 11.5. The van der Waals surface area contributed by atoms with Gasteiger partial charge in [0.05, 0.1) is 52.9 Å². The van der Waals surface area contributed by atoms with E-state index in [4.69, 9.17) is 18.9 Å². The quantitative estimate of drug-likeness (QED) is 0.772. The summed E-state index contributed by atoms with van der Waals surface area (Å²) in [5.74, 6) is 0. The van der Waals surface area contributed by atoms with Crippen molar-refractivity contribution in [1.29, 1.82) is 0 Å². The largest absolute Gasteiger partial charge is 0.377 e. The lowest BCUT2D eigenvalue weighted by molar-refractivity contribution is 0.00206. The Morgan fingerprint density at radius 1 is 0.667 bits per heavy atom. The highest BCUT2D eigenvalue weighted by atomic mass is 16.6. The molecule has 2 fully saturated rings. The molecule has 0 radical (unpaired) electrons. The molecule has 0 aromatic heterocycles. The normalized spacial score (nSPS) is 21.7. The second kappa shape index (κ2) is 14.7. The number of hydrogen-bond donors (Lipinski definition) is 1. The number of nitrogens with one attached hydrogen (secondary N) is 1. The fourth-order valence-electron chi connectivity index (χ4n) is 3.80. The van der Waals surface area contributed by atoms with Gasteiger partial charge in [0.15, 0.2) is 0 Å². The van der Waals surface area contributed by atoms with Crippen molar-refractivity contribution in [1.82, 2.24) is 10.2 Å². The van der Waals surface area contributed by atoms with Gasteiger partial charge in [-0.3, -0.25) is 0 Å². The average molecular weight is 422 g/mol. The van der Waals surface area contributed by atoms with Crippen molar-refractivity contribution in [3.63, 3.8) is 0 Å². The first-order valence-corrected chi connectivity index (χ1v) is 11.5. The number of benzene rings is 1. The molecule has 0 spiro atoms. The third kappa shape index (κ3) is 9.29. The predicted molar refractivity (Wildman–Crippen MR) is 120 cm³/mol. The van der Waals surface area contributed by atoms with Gasteiger partial charge in [-0.1, -0.05) is 12.1 Å². The number of ether oxygens (including phenoxy) is 4. The molecule has 1 aromatic carbocycles. The van der Waals surface area contributed by atoms with Crippen LogP contribution in [0.15, 0.2) is 24.3 Å². The van der Waals surface area contributed by atoms with Gasteiger partial charge in [-0.25, -0.2) is 0 Å². The molecule has 0 atom stereocenters. The first kappa shape index (κ1) is 23.4. The van der Waals surface area contributed by atoms with Crippen molar-refractivity contribution in [2.75, 3.05) is 104 Å². The molecule has 0 bridgehead atoms. The van der Waals surface area contributed by atoms with Crippen LogP contribution in [0.4, 0.5) is 5.69 Å². The van der Waals surface area contributed by atoms with E-state index in [1.165, 1.54) is 37.3 Å². The van der Waals surface area contributed by atoms with E-state index >= 15 is 0 Å². The molecule has 1 aromatic rings. The van der Waals surface area contributed by atoms with Crippen molar-refractivity contribution in [2.45, 2.75) is 12.8 Å². The maximum Gasteiger partial charge on any atom is 0.0701 e. The zero-order valence-electron chi connectivity index (χ0n) is 18.4. The summed E-state index contributed by atoms with van der Waals surface area (Å²) < 4.78 is 22.5. The topological polar surface area (TPSA) is 55.4 Å². The molecule has 1 N–H and O–H groups in total. The number of piperazine rings is 1. The minimum Gasteiger partial charge on any atom is -0.377 e. The molecule has 0 unspecified atom stereocenters. The molecule has 0 saturated carbocycles. The minimum absolute atomic E-state index is 0.608. The van der Waals surface area contributed by atoms with E-state index in [1.807, 2.05) is 0 Å². The zero-order chi connectivity index (χ0) is 20.7. The van der Waals surface area contributed by atoms with Crippen LogP contribution in [-0.4, -0.2) is 104 Å². The lowest BCUT2D eigenvalue weighted by Crippen LogP contribution is -2.43. The van der Waals surface area contributed by atoms with E-state index in [0.29, 0.717) is 52.9 Å². The molecular weight excluding hydrogens is 382 g/mol. The number of anilines is 1. The number of hydrogen-bond acceptors (Lipinski definition) is 7. The molecule has 2 aliphatic heterocycles. The number of aryl methyl sites for hydroxylation is 1. The molecule has 2 aliphatic rings. The van der Waals surface area contributed by atoms with Gasteiger partial charge >= 0.3 is 0 Å². The van der Waals surface area contributed by atoms with E-state index in [9.17, 15) is 0 Å². The fourth-order valence-corrected chi connectivity index (χ4v) is 3.80. The van der Waals surface area contributed by atoms with Gasteiger partial charge < -0.3 is 34.1 Å². The number of rotatable bonds is 5. The van der Waals surface area contributed by atoms with E-state index in [-0.39, 0.29) is 0 Å². The molecule has 3 rings (SSSR count). The highest BCUT2D eigenvalue weighted by molar-refractivity contribution is 5.47.